The van der Waals surface area contributed by atoms with Gasteiger partial charge in [0.2, 0.25) is 0 Å². The summed E-state index contributed by atoms with van der Waals surface area (Å²) in [6.07, 6.45) is 10.7. The number of aromatic nitrogens is 8. The molecule has 0 saturated carbocycles. The van der Waals surface area contributed by atoms with Crippen LogP contribution < -0.4 is 50.8 Å². The van der Waals surface area contributed by atoms with Crippen molar-refractivity contribution in [2.45, 2.75) is 38.8 Å². The molecule has 0 amide bonds. The first-order valence-corrected chi connectivity index (χ1v) is 21.3. The Kier molecular flexibility index (Phi) is 20.1. The van der Waals surface area contributed by atoms with Gasteiger partial charge >= 0.3 is 30.2 Å². The Morgan fingerprint density at radius 2 is 1.06 bits per heavy atom. The van der Waals surface area contributed by atoms with Crippen LogP contribution in [0.3, 0.4) is 0 Å². The number of hydrogen-bond donors (Lipinski definition) is 1. The van der Waals surface area contributed by atoms with E-state index in [0.29, 0.717) is 75.3 Å². The number of rotatable bonds is 16. The molecule has 22 heteroatoms. The Balaban J connectivity index is 0.000000288. The number of carbonyl (C=O) groups is 1. The molecule has 0 bridgehead atoms. The summed E-state index contributed by atoms with van der Waals surface area (Å²) in [6, 6.07) is 21.5. The van der Waals surface area contributed by atoms with Crippen molar-refractivity contribution in [3.05, 3.63) is 184 Å². The minimum Gasteiger partial charge on any atom is -0.870 e. The summed E-state index contributed by atoms with van der Waals surface area (Å²) in [7, 11) is 3.13. The third kappa shape index (κ3) is 12.8. The van der Waals surface area contributed by atoms with Crippen LogP contribution in [-0.4, -0.2) is 73.9 Å². The fourth-order valence-corrected chi connectivity index (χ4v) is 7.42. The van der Waals surface area contributed by atoms with Crippen molar-refractivity contribution >= 4 is 51.7 Å². The molecule has 0 radical (unpaired) electrons. The van der Waals surface area contributed by atoms with Crippen LogP contribution in [0.1, 0.15) is 35.1 Å². The number of aliphatic hydroxyl groups is 1. The van der Waals surface area contributed by atoms with E-state index in [2.05, 4.69) is 19.9 Å². The number of benzene rings is 2. The number of pyridine rings is 4. The summed E-state index contributed by atoms with van der Waals surface area (Å²) in [5.41, 5.74) is 1.55. The van der Waals surface area contributed by atoms with E-state index in [9.17, 15) is 29.1 Å². The van der Waals surface area contributed by atoms with Gasteiger partial charge in [-0.2, -0.15) is 0 Å². The van der Waals surface area contributed by atoms with Crippen molar-refractivity contribution < 1.29 is 53.9 Å². The summed E-state index contributed by atoms with van der Waals surface area (Å²) >= 11 is 12.1. The van der Waals surface area contributed by atoms with Crippen LogP contribution in [0.25, 0.3) is 22.1 Å². The first-order valence-electron chi connectivity index (χ1n) is 20.5. The van der Waals surface area contributed by atoms with Crippen LogP contribution >= 0.6 is 23.2 Å². The van der Waals surface area contributed by atoms with E-state index >= 15 is 0 Å². The van der Waals surface area contributed by atoms with Crippen LogP contribution in [0.5, 0.6) is 23.0 Å². The largest absolute Gasteiger partial charge is 1.00 e. The first kappa shape index (κ1) is 54.7. The average molecular weight is 976 g/mol. The van der Waals surface area contributed by atoms with Gasteiger partial charge in [-0.1, -0.05) is 47.5 Å². The number of carbonyl (C=O) groups excluding carboxylic acids is 1. The molecule has 8 rings (SSSR count). The average Bonchev–Trinajstić information content (AvgIpc) is 3.33. The maximum Gasteiger partial charge on any atom is 1.00 e. The minimum atomic E-state index is -0.505. The number of nitrogens with zero attached hydrogens (tertiary/aromatic N) is 8. The molecule has 0 atom stereocenters. The quantitative estimate of drug-likeness (QED) is 0.0825. The van der Waals surface area contributed by atoms with Crippen molar-refractivity contribution in [3.8, 4) is 23.0 Å². The number of ether oxygens (including phenoxy) is 3. The molecule has 0 aliphatic heterocycles. The van der Waals surface area contributed by atoms with Gasteiger partial charge in [0, 0.05) is 80.2 Å². The monoisotopic (exact) mass is 974 g/mol. The van der Waals surface area contributed by atoms with Gasteiger partial charge in [-0.3, -0.25) is 42.6 Å². The van der Waals surface area contributed by atoms with Gasteiger partial charge in [-0.15, -0.1) is 0 Å². The van der Waals surface area contributed by atoms with Gasteiger partial charge in [0.25, 0.3) is 17.6 Å². The van der Waals surface area contributed by atoms with Crippen molar-refractivity contribution in [3.63, 3.8) is 0 Å². The minimum absolute atomic E-state index is 0. The van der Waals surface area contributed by atoms with Crippen molar-refractivity contribution in [1.29, 1.82) is 0 Å². The van der Waals surface area contributed by atoms with Crippen LogP contribution in [-0.2, 0) is 49.6 Å². The van der Waals surface area contributed by atoms with E-state index in [4.69, 9.17) is 37.4 Å². The molecule has 0 aliphatic carbocycles. The molecule has 0 aliphatic rings. The third-order valence-corrected chi connectivity index (χ3v) is 10.9. The van der Waals surface area contributed by atoms with E-state index in [1.165, 1.54) is 21.5 Å². The molecule has 19 nitrogen and oxygen atoms in total. The summed E-state index contributed by atoms with van der Waals surface area (Å²) in [5.74, 6) is 1.75. The molecule has 6 heterocycles. The van der Waals surface area contributed by atoms with Gasteiger partial charge in [0.05, 0.1) is 42.2 Å². The third-order valence-electron chi connectivity index (χ3n) is 10.4. The van der Waals surface area contributed by atoms with E-state index in [1.807, 2.05) is 24.3 Å². The number of halogens is 2. The van der Waals surface area contributed by atoms with Crippen LogP contribution in [0, 0.1) is 0 Å². The second kappa shape index (κ2) is 25.4. The zero-order valence-electron chi connectivity index (χ0n) is 37.6. The Labute approximate surface area is 415 Å². The van der Waals surface area contributed by atoms with E-state index in [-0.39, 0.29) is 79.2 Å². The number of aryl methyl sites for hydroxylation is 2. The van der Waals surface area contributed by atoms with Crippen LogP contribution in [0.4, 0.5) is 0 Å². The molecule has 8 aromatic rings. The molecular weight excluding hydrogens is 930 g/mol. The molecule has 0 saturated heterocycles. The first-order chi connectivity index (χ1) is 32.0. The smallest absolute Gasteiger partial charge is 0.870 e. The van der Waals surface area contributed by atoms with E-state index < -0.39 is 22.5 Å². The Bertz CT molecular complexity index is 3250. The topological polar surface area (TPSA) is 266 Å². The number of fused-ring (bicyclic) bond motifs is 2. The van der Waals surface area contributed by atoms with Gasteiger partial charge in [0.15, 0.2) is 0 Å². The Morgan fingerprint density at radius 1 is 0.638 bits per heavy atom. The second-order valence-electron chi connectivity index (χ2n) is 14.8. The molecule has 2 aromatic carbocycles. The Hall–Kier alpha value is -6.95. The molecule has 69 heavy (non-hydrogen) atoms. The molecule has 0 unspecified atom stereocenters. The second-order valence-corrected chi connectivity index (χ2v) is 15.7. The van der Waals surface area contributed by atoms with E-state index in [0.717, 1.165) is 20.3 Å². The van der Waals surface area contributed by atoms with Crippen molar-refractivity contribution in [2.24, 2.45) is 14.1 Å². The maximum atomic E-state index is 13.5. The standard InChI is InChI=1S/C24H21ClN4O5.C23H21ClN4O4.Li.2H2O/c1-28-22-21(23(31)29(24(28)32)10-3-11-33-15-30)19(12-16-5-7-17(25)8-6-16)20(14-27-22)34-18-4-2-9-26-13-18;1-27-21-20(22(30)28(23(27)31)10-3-11-29)18(12-15-5-7-16(24)8-6-15)19(14-26-21)32-17-4-2-9-25-13-17;;;/h2,4-9,13-15H,3,10-12H2,1H3;2,4-9,13-14,29H,3,10-12H2,1H3;;2*1H2/q;;+1;;/p-1. The van der Waals surface area contributed by atoms with Crippen molar-refractivity contribution in [2.75, 3.05) is 13.2 Å². The summed E-state index contributed by atoms with van der Waals surface area (Å²) < 4.78 is 21.7. The maximum absolute atomic E-state index is 13.5. The number of aliphatic hydroxyl groups excluding tert-OH is 1. The summed E-state index contributed by atoms with van der Waals surface area (Å²) in [6.45, 7) is 0.484. The van der Waals surface area contributed by atoms with Crippen LogP contribution in [0.2, 0.25) is 10.0 Å². The zero-order valence-corrected chi connectivity index (χ0v) is 39.1. The molecule has 0 fully saturated rings. The van der Waals surface area contributed by atoms with Gasteiger partial charge in [0.1, 0.15) is 34.3 Å². The van der Waals surface area contributed by atoms with Crippen LogP contribution in [0.15, 0.2) is 129 Å². The molecule has 354 valence electrons. The predicted octanol–water partition coefficient (Wildman–Crippen LogP) is 2.00. The SMILES string of the molecule is Cn1c(=O)n(CCCO)c(=O)c2c(Cc3ccc(Cl)cc3)c(Oc3cccnc3)cnc21.Cn1c(=O)n(CCCOC=O)c(=O)c2c(Cc3ccc(Cl)cc3)c(Oc3cccnc3)cnc21.O.[Li+].[OH-]. The zero-order chi connectivity index (χ0) is 46.7. The van der Waals surface area contributed by atoms with Gasteiger partial charge in [-0.05, 0) is 72.5 Å². The Morgan fingerprint density at radius 3 is 1.43 bits per heavy atom. The van der Waals surface area contributed by atoms with Gasteiger partial charge in [-0.25, -0.2) is 19.6 Å². The fraction of sp³-hybridized carbons (Fsp3) is 0.213. The summed E-state index contributed by atoms with van der Waals surface area (Å²) in [4.78, 5) is 79.9. The summed E-state index contributed by atoms with van der Waals surface area (Å²) in [5, 5.41) is 11.0. The fourth-order valence-electron chi connectivity index (χ4n) is 7.17. The normalized spacial score (nSPS) is 10.5. The molecular formula is C47H45Cl2LiN8O11. The van der Waals surface area contributed by atoms with Gasteiger partial charge < -0.3 is 30.3 Å². The predicted molar refractivity (Wildman–Crippen MR) is 254 cm³/mol. The molecule has 6 aromatic heterocycles. The van der Waals surface area contributed by atoms with Crippen molar-refractivity contribution in [1.82, 2.24) is 38.2 Å². The molecule has 4 N–H and O–H groups in total. The molecule has 0 spiro atoms. The van der Waals surface area contributed by atoms with E-state index in [1.54, 1.807) is 87.4 Å². The number of hydrogen-bond acceptors (Lipinski definition) is 14.